The fourth-order valence-corrected chi connectivity index (χ4v) is 5.46. The van der Waals surface area contributed by atoms with Gasteiger partial charge in [0.15, 0.2) is 17.5 Å². The van der Waals surface area contributed by atoms with E-state index in [1.807, 2.05) is 60.7 Å². The van der Waals surface area contributed by atoms with Gasteiger partial charge < -0.3 is 0 Å². The van der Waals surface area contributed by atoms with Gasteiger partial charge in [-0.2, -0.15) is 0 Å². The summed E-state index contributed by atoms with van der Waals surface area (Å²) < 4.78 is 58.9. The van der Waals surface area contributed by atoms with Crippen molar-refractivity contribution in [3.8, 4) is 56.4 Å². The smallest absolute Gasteiger partial charge is 0.164 e. The summed E-state index contributed by atoms with van der Waals surface area (Å²) in [6.07, 6.45) is 0. The van der Waals surface area contributed by atoms with Gasteiger partial charge in [0.1, 0.15) is 0 Å². The highest BCUT2D eigenvalue weighted by Gasteiger charge is 2.15. The van der Waals surface area contributed by atoms with Crippen molar-refractivity contribution in [2.75, 3.05) is 0 Å². The van der Waals surface area contributed by atoms with Crippen LogP contribution in [0.25, 0.3) is 78.0 Å². The van der Waals surface area contributed by atoms with Crippen LogP contribution in [-0.4, -0.2) is 15.0 Å². The van der Waals surface area contributed by atoms with Gasteiger partial charge in [0.05, 0.1) is 9.60 Å². The molecule has 0 atom stereocenters. The Hall–Kier alpha value is -5.93. The Morgan fingerprint density at radius 3 is 1.59 bits per heavy atom. The zero-order chi connectivity index (χ0) is 35.4. The van der Waals surface area contributed by atoms with E-state index in [1.165, 1.54) is 16.8 Å². The third-order valence-corrected chi connectivity index (χ3v) is 7.67. The first-order chi connectivity index (χ1) is 24.7. The third kappa shape index (κ3) is 4.91. The van der Waals surface area contributed by atoms with Crippen molar-refractivity contribution in [2.24, 2.45) is 0 Å². The number of fused-ring (bicyclic) bond motifs is 2. The number of hydrogen-bond acceptors (Lipinski definition) is 3. The van der Waals surface area contributed by atoms with Gasteiger partial charge in [-0.05, 0) is 62.0 Å². The Bertz CT molecular complexity index is 2650. The van der Waals surface area contributed by atoms with E-state index in [-0.39, 0.29) is 35.1 Å². The monoisotopic (exact) mass is 568 g/mol. The van der Waals surface area contributed by atoms with Crippen LogP contribution in [0.5, 0.6) is 0 Å². The van der Waals surface area contributed by atoms with Gasteiger partial charge in [0, 0.05) is 16.7 Å². The number of rotatable bonds is 5. The molecule has 7 aromatic carbocycles. The molecule has 0 aliphatic rings. The molecule has 1 heterocycles. The lowest BCUT2D eigenvalue weighted by Crippen LogP contribution is -2.01. The lowest BCUT2D eigenvalue weighted by molar-refractivity contribution is 1.07. The minimum Gasteiger partial charge on any atom is -0.208 e. The van der Waals surface area contributed by atoms with Crippen LogP contribution in [0.2, 0.25) is 0 Å². The maximum Gasteiger partial charge on any atom is 0.164 e. The molecule has 0 spiro atoms. The van der Waals surface area contributed by atoms with Gasteiger partial charge in [0.25, 0.3) is 0 Å². The van der Waals surface area contributed by atoms with Crippen molar-refractivity contribution in [3.63, 3.8) is 0 Å². The molecule has 0 unspecified atom stereocenters. The predicted octanol–water partition coefficient (Wildman–Crippen LogP) is 10.5. The maximum absolute atomic E-state index is 8.62. The first-order valence-electron chi connectivity index (χ1n) is 17.7. The molecular weight excluding hydrogens is 534 g/mol. The predicted molar refractivity (Wildman–Crippen MR) is 182 cm³/mol. The van der Waals surface area contributed by atoms with Crippen molar-refractivity contribution < 1.29 is 9.60 Å². The van der Waals surface area contributed by atoms with E-state index in [0.29, 0.717) is 16.7 Å². The Morgan fingerprint density at radius 1 is 0.341 bits per heavy atom. The highest BCUT2D eigenvalue weighted by molar-refractivity contribution is 5.94. The molecular formula is C41H27N3. The molecule has 3 heteroatoms. The molecule has 0 saturated heterocycles. The van der Waals surface area contributed by atoms with E-state index in [1.54, 1.807) is 6.07 Å². The van der Waals surface area contributed by atoms with Crippen molar-refractivity contribution in [3.05, 3.63) is 164 Å². The van der Waals surface area contributed by atoms with Gasteiger partial charge in [-0.25, -0.2) is 15.0 Å². The molecule has 1 aromatic heterocycles. The zero-order valence-electron chi connectivity index (χ0n) is 30.4. The SMILES string of the molecule is [2H]c1cc(-c2ccc3cc(-c4ccc5ccccc5c4)ccc3c2)c(-c2nc(-c3ccccc3)nc(-c3c([2H])c([2H])c([2H])c([2H])c3[2H])n2)cc1[2H]. The fraction of sp³-hybridized carbons (Fsp3) is 0. The lowest BCUT2D eigenvalue weighted by atomic mass is 9.94. The van der Waals surface area contributed by atoms with E-state index in [2.05, 4.69) is 58.5 Å². The van der Waals surface area contributed by atoms with Crippen LogP contribution < -0.4 is 0 Å². The molecule has 0 radical (unpaired) electrons. The Labute approximate surface area is 266 Å². The van der Waals surface area contributed by atoms with Crippen molar-refractivity contribution in [2.45, 2.75) is 0 Å². The van der Waals surface area contributed by atoms with Crippen molar-refractivity contribution in [1.29, 1.82) is 0 Å². The molecule has 0 N–H and O–H groups in total. The average molecular weight is 569 g/mol. The average Bonchev–Trinajstić information content (AvgIpc) is 3.17. The number of aromatic nitrogens is 3. The molecule has 0 fully saturated rings. The number of nitrogens with zero attached hydrogens (tertiary/aromatic N) is 3. The lowest BCUT2D eigenvalue weighted by Gasteiger charge is -2.13. The molecule has 44 heavy (non-hydrogen) atoms. The van der Waals surface area contributed by atoms with E-state index < -0.39 is 30.2 Å². The molecule has 0 bridgehead atoms. The van der Waals surface area contributed by atoms with Gasteiger partial charge >= 0.3 is 0 Å². The normalized spacial score (nSPS) is 13.4. The van der Waals surface area contributed by atoms with Gasteiger partial charge in [0.2, 0.25) is 0 Å². The fourth-order valence-electron chi connectivity index (χ4n) is 5.46. The third-order valence-electron chi connectivity index (χ3n) is 7.67. The Kier molecular flexibility index (Phi) is 4.85. The molecule has 0 aliphatic carbocycles. The molecule has 0 amide bonds. The Balaban J connectivity index is 1.29. The van der Waals surface area contributed by atoms with Crippen LogP contribution in [0, 0.1) is 0 Å². The van der Waals surface area contributed by atoms with Gasteiger partial charge in [-0.1, -0.05) is 145 Å². The van der Waals surface area contributed by atoms with Crippen LogP contribution in [-0.2, 0) is 0 Å². The summed E-state index contributed by atoms with van der Waals surface area (Å²) in [5, 5.41) is 4.36. The number of hydrogen-bond donors (Lipinski definition) is 0. The van der Waals surface area contributed by atoms with Crippen LogP contribution in [0.15, 0.2) is 164 Å². The minimum atomic E-state index is -0.515. The molecule has 8 rings (SSSR count). The van der Waals surface area contributed by atoms with Gasteiger partial charge in [-0.15, -0.1) is 0 Å². The largest absolute Gasteiger partial charge is 0.208 e. The summed E-state index contributed by atoms with van der Waals surface area (Å²) >= 11 is 0. The van der Waals surface area contributed by atoms with E-state index >= 15 is 0 Å². The summed E-state index contributed by atoms with van der Waals surface area (Å²) in [6.45, 7) is 0. The maximum atomic E-state index is 8.62. The summed E-state index contributed by atoms with van der Waals surface area (Å²) in [5.41, 5.74) is 4.51. The van der Waals surface area contributed by atoms with Crippen LogP contribution >= 0.6 is 0 Å². The van der Waals surface area contributed by atoms with Crippen LogP contribution in [0.4, 0.5) is 0 Å². The van der Waals surface area contributed by atoms with E-state index in [4.69, 9.17) is 14.6 Å². The molecule has 0 aliphatic heterocycles. The summed E-state index contributed by atoms with van der Waals surface area (Å²) in [6, 6.07) is 36.9. The van der Waals surface area contributed by atoms with Crippen LogP contribution in [0.1, 0.15) is 9.60 Å². The first kappa shape index (κ1) is 19.3. The topological polar surface area (TPSA) is 38.7 Å². The summed E-state index contributed by atoms with van der Waals surface area (Å²) in [5.74, 6) is 0.276. The Morgan fingerprint density at radius 2 is 0.864 bits per heavy atom. The number of benzene rings is 7. The quantitative estimate of drug-likeness (QED) is 0.207. The zero-order valence-corrected chi connectivity index (χ0v) is 23.4. The molecule has 8 aromatic rings. The second kappa shape index (κ2) is 11.0. The van der Waals surface area contributed by atoms with Crippen molar-refractivity contribution in [1.82, 2.24) is 15.0 Å². The summed E-state index contributed by atoms with van der Waals surface area (Å²) in [7, 11) is 0. The van der Waals surface area contributed by atoms with Crippen LogP contribution in [0.3, 0.4) is 0 Å². The highest BCUT2D eigenvalue weighted by atomic mass is 15.0. The highest BCUT2D eigenvalue weighted by Crippen LogP contribution is 2.35. The molecule has 3 nitrogen and oxygen atoms in total. The minimum absolute atomic E-state index is 0.0173. The van der Waals surface area contributed by atoms with E-state index in [0.717, 1.165) is 27.5 Å². The molecule has 206 valence electrons. The van der Waals surface area contributed by atoms with E-state index in [9.17, 15) is 0 Å². The standard InChI is InChI=1S/C41H27N3/c1-3-12-29(13-4-1)39-42-40(30-14-5-2-6-15-30)44-41(43-39)38-18-10-9-17-37(38)36-24-23-34-26-33(21-22-35(34)27-36)32-20-19-28-11-7-8-16-31(28)25-32/h1-27H/i1D,3D,4D,9D,10D,12D,13D. The van der Waals surface area contributed by atoms with Gasteiger partial charge in [-0.3, -0.25) is 0 Å². The molecule has 0 saturated carbocycles. The second-order valence-electron chi connectivity index (χ2n) is 10.4. The second-order valence-corrected chi connectivity index (χ2v) is 10.4. The summed E-state index contributed by atoms with van der Waals surface area (Å²) in [4.78, 5) is 14.1. The van der Waals surface area contributed by atoms with Crippen molar-refractivity contribution >= 4 is 21.5 Å². The first-order valence-corrected chi connectivity index (χ1v) is 14.2.